The van der Waals surface area contributed by atoms with Gasteiger partial charge in [-0.15, -0.1) is 0 Å². The summed E-state index contributed by atoms with van der Waals surface area (Å²) in [7, 11) is 0. The van der Waals surface area contributed by atoms with Gasteiger partial charge < -0.3 is 10.2 Å². The summed E-state index contributed by atoms with van der Waals surface area (Å²) in [6.07, 6.45) is 1.37. The number of aliphatic hydroxyl groups is 2. The molecule has 0 aliphatic rings. The smallest absolute Gasteiger partial charge is 0.138 e. The standard InChI is InChI=1S/C17H15N3O2/c21-16(12-6-1-3-10-18-12)14-8-5-9-15(20-14)17(22)13-7-2-4-11-19-13/h1-11,16-17,21-22H. The molecule has 0 aromatic carbocycles. The molecule has 0 fully saturated rings. The van der Waals surface area contributed by atoms with Crippen molar-refractivity contribution in [2.75, 3.05) is 0 Å². The first-order valence-corrected chi connectivity index (χ1v) is 6.90. The van der Waals surface area contributed by atoms with Crippen LogP contribution in [-0.4, -0.2) is 25.2 Å². The van der Waals surface area contributed by atoms with Crippen LogP contribution in [0.25, 0.3) is 0 Å². The van der Waals surface area contributed by atoms with Gasteiger partial charge >= 0.3 is 0 Å². The van der Waals surface area contributed by atoms with Gasteiger partial charge in [-0.05, 0) is 36.4 Å². The van der Waals surface area contributed by atoms with Crippen LogP contribution < -0.4 is 0 Å². The lowest BCUT2D eigenvalue weighted by Crippen LogP contribution is -2.09. The number of nitrogens with zero attached hydrogens (tertiary/aromatic N) is 3. The van der Waals surface area contributed by atoms with Crippen LogP contribution in [0.4, 0.5) is 0 Å². The zero-order valence-corrected chi connectivity index (χ0v) is 11.7. The fourth-order valence-corrected chi connectivity index (χ4v) is 2.15. The minimum Gasteiger partial charge on any atom is -0.380 e. The van der Waals surface area contributed by atoms with Crippen LogP contribution in [0.15, 0.2) is 67.0 Å². The molecule has 2 atom stereocenters. The second-order valence-electron chi connectivity index (χ2n) is 4.80. The molecule has 5 nitrogen and oxygen atoms in total. The average Bonchev–Trinajstić information content (AvgIpc) is 2.62. The molecule has 0 saturated carbocycles. The number of rotatable bonds is 4. The summed E-state index contributed by atoms with van der Waals surface area (Å²) in [6.45, 7) is 0. The largest absolute Gasteiger partial charge is 0.380 e. The minimum atomic E-state index is -0.933. The predicted molar refractivity (Wildman–Crippen MR) is 80.8 cm³/mol. The van der Waals surface area contributed by atoms with Crippen LogP contribution in [0.5, 0.6) is 0 Å². The van der Waals surface area contributed by atoms with Crippen LogP contribution in [0.1, 0.15) is 35.0 Å². The molecule has 110 valence electrons. The van der Waals surface area contributed by atoms with Crippen LogP contribution in [0.2, 0.25) is 0 Å². The molecular formula is C17H15N3O2. The molecule has 0 bridgehead atoms. The molecule has 3 aromatic heterocycles. The van der Waals surface area contributed by atoms with Gasteiger partial charge in [0.05, 0.1) is 22.8 Å². The summed E-state index contributed by atoms with van der Waals surface area (Å²) < 4.78 is 0. The summed E-state index contributed by atoms with van der Waals surface area (Å²) in [4.78, 5) is 12.6. The zero-order chi connectivity index (χ0) is 15.4. The van der Waals surface area contributed by atoms with E-state index in [0.717, 1.165) is 0 Å². The van der Waals surface area contributed by atoms with Crippen molar-refractivity contribution in [3.05, 3.63) is 89.8 Å². The van der Waals surface area contributed by atoms with Gasteiger partial charge in [-0.2, -0.15) is 0 Å². The van der Waals surface area contributed by atoms with E-state index in [0.29, 0.717) is 22.8 Å². The Morgan fingerprint density at radius 2 is 1.05 bits per heavy atom. The van der Waals surface area contributed by atoms with Crippen molar-refractivity contribution < 1.29 is 10.2 Å². The Morgan fingerprint density at radius 3 is 1.45 bits per heavy atom. The van der Waals surface area contributed by atoms with Crippen molar-refractivity contribution in [2.24, 2.45) is 0 Å². The molecule has 0 aliphatic heterocycles. The second kappa shape index (κ2) is 6.43. The Morgan fingerprint density at radius 1 is 0.591 bits per heavy atom. The lowest BCUT2D eigenvalue weighted by molar-refractivity contribution is 0.199. The Kier molecular flexibility index (Phi) is 4.18. The van der Waals surface area contributed by atoms with Crippen LogP contribution in [-0.2, 0) is 0 Å². The molecule has 0 radical (unpaired) electrons. The highest BCUT2D eigenvalue weighted by Crippen LogP contribution is 2.22. The van der Waals surface area contributed by atoms with E-state index < -0.39 is 12.2 Å². The maximum Gasteiger partial charge on any atom is 0.138 e. The van der Waals surface area contributed by atoms with E-state index in [4.69, 9.17) is 0 Å². The lowest BCUT2D eigenvalue weighted by atomic mass is 10.1. The highest BCUT2D eigenvalue weighted by Gasteiger charge is 2.17. The Labute approximate surface area is 128 Å². The number of aliphatic hydroxyl groups excluding tert-OH is 2. The SMILES string of the molecule is OC(c1ccccn1)c1cccc(C(O)c2ccccn2)n1. The molecule has 0 spiro atoms. The topological polar surface area (TPSA) is 79.1 Å². The first-order valence-electron chi connectivity index (χ1n) is 6.90. The van der Waals surface area contributed by atoms with Gasteiger partial charge in [-0.25, -0.2) is 0 Å². The fraction of sp³-hybridized carbons (Fsp3) is 0.118. The van der Waals surface area contributed by atoms with Crippen LogP contribution in [0.3, 0.4) is 0 Å². The van der Waals surface area contributed by atoms with Crippen molar-refractivity contribution >= 4 is 0 Å². The van der Waals surface area contributed by atoms with Gasteiger partial charge in [0.1, 0.15) is 12.2 Å². The molecular weight excluding hydrogens is 278 g/mol. The summed E-state index contributed by atoms with van der Waals surface area (Å²) in [5.74, 6) is 0. The third-order valence-electron chi connectivity index (χ3n) is 3.29. The minimum absolute atomic E-state index is 0.436. The Hall–Kier alpha value is -2.63. The monoisotopic (exact) mass is 293 g/mol. The molecule has 2 unspecified atom stereocenters. The predicted octanol–water partition coefficient (Wildman–Crippen LogP) is 2.03. The van der Waals surface area contributed by atoms with Gasteiger partial charge in [0, 0.05) is 12.4 Å². The zero-order valence-electron chi connectivity index (χ0n) is 11.7. The van der Waals surface area contributed by atoms with E-state index in [1.165, 1.54) is 0 Å². The third kappa shape index (κ3) is 3.00. The molecule has 5 heteroatoms. The van der Waals surface area contributed by atoms with Crippen molar-refractivity contribution in [1.82, 2.24) is 15.0 Å². The lowest BCUT2D eigenvalue weighted by Gasteiger charge is -2.13. The second-order valence-corrected chi connectivity index (χ2v) is 4.80. The van der Waals surface area contributed by atoms with Crippen molar-refractivity contribution in [2.45, 2.75) is 12.2 Å². The van der Waals surface area contributed by atoms with Crippen LogP contribution in [0, 0.1) is 0 Å². The summed E-state index contributed by atoms with van der Waals surface area (Å²) in [5.41, 5.74) is 1.90. The number of hydrogen-bond donors (Lipinski definition) is 2. The average molecular weight is 293 g/mol. The first kappa shape index (κ1) is 14.3. The normalized spacial score (nSPS) is 13.5. The van der Waals surface area contributed by atoms with Crippen molar-refractivity contribution in [3.63, 3.8) is 0 Å². The highest BCUT2D eigenvalue weighted by atomic mass is 16.3. The van der Waals surface area contributed by atoms with E-state index >= 15 is 0 Å². The first-order chi connectivity index (χ1) is 10.8. The van der Waals surface area contributed by atoms with E-state index in [1.807, 2.05) is 0 Å². The molecule has 3 rings (SSSR count). The van der Waals surface area contributed by atoms with Gasteiger partial charge in [0.25, 0.3) is 0 Å². The van der Waals surface area contributed by atoms with E-state index in [9.17, 15) is 10.2 Å². The Balaban J connectivity index is 1.90. The number of hydrogen-bond acceptors (Lipinski definition) is 5. The summed E-state index contributed by atoms with van der Waals surface area (Å²) in [6, 6.07) is 15.8. The molecule has 0 saturated heterocycles. The quantitative estimate of drug-likeness (QED) is 0.769. The van der Waals surface area contributed by atoms with Crippen LogP contribution >= 0.6 is 0 Å². The third-order valence-corrected chi connectivity index (χ3v) is 3.29. The molecule has 0 amide bonds. The summed E-state index contributed by atoms with van der Waals surface area (Å²) in [5, 5.41) is 20.7. The Bertz CT molecular complexity index is 674. The molecule has 3 aromatic rings. The van der Waals surface area contributed by atoms with E-state index in [-0.39, 0.29) is 0 Å². The van der Waals surface area contributed by atoms with Gasteiger partial charge in [-0.3, -0.25) is 15.0 Å². The molecule has 3 heterocycles. The van der Waals surface area contributed by atoms with E-state index in [1.54, 1.807) is 67.0 Å². The maximum absolute atomic E-state index is 10.3. The number of pyridine rings is 3. The fourth-order valence-electron chi connectivity index (χ4n) is 2.15. The molecule has 0 aliphatic carbocycles. The summed E-state index contributed by atoms with van der Waals surface area (Å²) >= 11 is 0. The molecule has 22 heavy (non-hydrogen) atoms. The number of aromatic nitrogens is 3. The van der Waals surface area contributed by atoms with Gasteiger partial charge in [0.2, 0.25) is 0 Å². The van der Waals surface area contributed by atoms with Gasteiger partial charge in [-0.1, -0.05) is 18.2 Å². The van der Waals surface area contributed by atoms with Crippen molar-refractivity contribution in [3.8, 4) is 0 Å². The maximum atomic E-state index is 10.3. The highest BCUT2D eigenvalue weighted by molar-refractivity contribution is 5.25. The molecule has 2 N–H and O–H groups in total. The van der Waals surface area contributed by atoms with E-state index in [2.05, 4.69) is 15.0 Å². The van der Waals surface area contributed by atoms with Crippen molar-refractivity contribution in [1.29, 1.82) is 0 Å². The van der Waals surface area contributed by atoms with Gasteiger partial charge in [0.15, 0.2) is 0 Å².